The molecule has 0 fully saturated rings. The molecule has 2 aromatic carbocycles. The van der Waals surface area contributed by atoms with Crippen LogP contribution in [0.1, 0.15) is 10.4 Å². The van der Waals surface area contributed by atoms with Gasteiger partial charge >= 0.3 is 0 Å². The van der Waals surface area contributed by atoms with E-state index >= 15 is 0 Å². The molecular formula is C23H27N3O6S2. The largest absolute Gasteiger partial charge is 0.497 e. The minimum absolute atomic E-state index is 0.0901. The van der Waals surface area contributed by atoms with E-state index < -0.39 is 10.0 Å². The number of ether oxygens (including phenoxy) is 3. The van der Waals surface area contributed by atoms with Crippen molar-refractivity contribution in [3.63, 3.8) is 0 Å². The Morgan fingerprint density at radius 2 is 1.59 bits per heavy atom. The lowest BCUT2D eigenvalue weighted by molar-refractivity contribution is 0.102. The Labute approximate surface area is 203 Å². The number of sulfonamides is 1. The molecule has 0 aliphatic rings. The highest BCUT2D eigenvalue weighted by Crippen LogP contribution is 2.27. The minimum Gasteiger partial charge on any atom is -0.497 e. The van der Waals surface area contributed by atoms with E-state index in [4.69, 9.17) is 14.2 Å². The number of rotatable bonds is 12. The summed E-state index contributed by atoms with van der Waals surface area (Å²) >= 11 is 1.30. The number of nitrogens with one attached hydrogen (secondary N) is 1. The molecule has 34 heavy (non-hydrogen) atoms. The van der Waals surface area contributed by atoms with Crippen LogP contribution in [0.3, 0.4) is 0 Å². The van der Waals surface area contributed by atoms with Crippen molar-refractivity contribution in [2.45, 2.75) is 4.90 Å². The number of hydrogen-bond donors (Lipinski definition) is 1. The van der Waals surface area contributed by atoms with Crippen molar-refractivity contribution in [1.29, 1.82) is 0 Å². The first-order valence-corrected chi connectivity index (χ1v) is 12.7. The number of methoxy groups -OCH3 is 3. The third-order valence-electron chi connectivity index (χ3n) is 4.95. The van der Waals surface area contributed by atoms with Crippen molar-refractivity contribution in [3.05, 3.63) is 59.5 Å². The van der Waals surface area contributed by atoms with E-state index in [9.17, 15) is 13.2 Å². The zero-order valence-corrected chi connectivity index (χ0v) is 20.8. The first-order chi connectivity index (χ1) is 16.4. The normalized spacial score (nSPS) is 11.5. The van der Waals surface area contributed by atoms with E-state index in [1.165, 1.54) is 54.1 Å². The van der Waals surface area contributed by atoms with Crippen LogP contribution in [0.5, 0.6) is 5.75 Å². The average molecular weight is 506 g/mol. The lowest BCUT2D eigenvalue weighted by Gasteiger charge is -2.21. The zero-order chi connectivity index (χ0) is 24.6. The van der Waals surface area contributed by atoms with Crippen LogP contribution in [-0.2, 0) is 19.5 Å². The Morgan fingerprint density at radius 3 is 2.15 bits per heavy atom. The average Bonchev–Trinajstić information content (AvgIpc) is 3.32. The summed E-state index contributed by atoms with van der Waals surface area (Å²) in [5.41, 5.74) is 1.95. The topological polar surface area (TPSA) is 107 Å². The Morgan fingerprint density at radius 1 is 0.971 bits per heavy atom. The van der Waals surface area contributed by atoms with Gasteiger partial charge < -0.3 is 14.2 Å². The van der Waals surface area contributed by atoms with Crippen LogP contribution in [0.2, 0.25) is 0 Å². The van der Waals surface area contributed by atoms with E-state index in [1.54, 1.807) is 7.11 Å². The van der Waals surface area contributed by atoms with E-state index in [-0.39, 0.29) is 37.1 Å². The van der Waals surface area contributed by atoms with Gasteiger partial charge in [0.05, 0.1) is 30.9 Å². The van der Waals surface area contributed by atoms with Gasteiger partial charge in [-0.1, -0.05) is 0 Å². The van der Waals surface area contributed by atoms with Gasteiger partial charge in [-0.05, 0) is 48.5 Å². The van der Waals surface area contributed by atoms with E-state index in [2.05, 4.69) is 10.3 Å². The SMILES string of the molecule is COCCN(CCOC)S(=O)(=O)c1ccc(C(=O)Nc2nc(-c3ccc(OC)cc3)cs2)cc1. The molecule has 1 heterocycles. The van der Waals surface area contributed by atoms with E-state index in [0.717, 1.165) is 17.0 Å². The monoisotopic (exact) mass is 505 g/mol. The number of amides is 1. The number of nitrogens with zero attached hydrogens (tertiary/aromatic N) is 2. The van der Waals surface area contributed by atoms with Gasteiger partial charge in [0.15, 0.2) is 5.13 Å². The van der Waals surface area contributed by atoms with Crippen molar-refractivity contribution in [1.82, 2.24) is 9.29 Å². The number of carbonyl (C=O) groups is 1. The number of thiazole rings is 1. The van der Waals surface area contributed by atoms with Gasteiger partial charge in [-0.25, -0.2) is 13.4 Å². The summed E-state index contributed by atoms with van der Waals surface area (Å²) in [6.07, 6.45) is 0. The summed E-state index contributed by atoms with van der Waals surface area (Å²) in [4.78, 5) is 17.2. The molecular weight excluding hydrogens is 478 g/mol. The molecule has 1 amide bonds. The predicted molar refractivity (Wildman–Crippen MR) is 131 cm³/mol. The van der Waals surface area contributed by atoms with Crippen LogP contribution in [0.4, 0.5) is 5.13 Å². The summed E-state index contributed by atoms with van der Waals surface area (Å²) in [6.45, 7) is 0.918. The van der Waals surface area contributed by atoms with Crippen LogP contribution in [-0.4, -0.2) is 71.2 Å². The van der Waals surface area contributed by atoms with Gasteiger partial charge in [0.1, 0.15) is 5.75 Å². The molecule has 182 valence electrons. The van der Waals surface area contributed by atoms with Crippen LogP contribution in [0.25, 0.3) is 11.3 Å². The number of carbonyl (C=O) groups excluding carboxylic acids is 1. The Kier molecular flexibility index (Phi) is 9.13. The molecule has 0 saturated heterocycles. The fourth-order valence-corrected chi connectivity index (χ4v) is 5.18. The van der Waals surface area contributed by atoms with Crippen molar-refractivity contribution in [2.24, 2.45) is 0 Å². The minimum atomic E-state index is -3.76. The molecule has 0 aliphatic carbocycles. The number of hydrogen-bond acceptors (Lipinski definition) is 8. The molecule has 0 bridgehead atoms. The first-order valence-electron chi connectivity index (χ1n) is 10.4. The maximum atomic E-state index is 13.0. The highest BCUT2D eigenvalue weighted by molar-refractivity contribution is 7.89. The summed E-state index contributed by atoms with van der Waals surface area (Å²) in [5.74, 6) is 0.369. The van der Waals surface area contributed by atoms with Gasteiger partial charge in [-0.3, -0.25) is 10.1 Å². The molecule has 0 atom stereocenters. The second kappa shape index (κ2) is 12.0. The fraction of sp³-hybridized carbons (Fsp3) is 0.304. The lowest BCUT2D eigenvalue weighted by Crippen LogP contribution is -2.36. The van der Waals surface area contributed by atoms with Crippen molar-refractivity contribution in [2.75, 3.05) is 52.9 Å². The quantitative estimate of drug-likeness (QED) is 0.402. The molecule has 1 N–H and O–H groups in total. The molecule has 9 nitrogen and oxygen atoms in total. The van der Waals surface area contributed by atoms with Crippen molar-refractivity contribution < 1.29 is 27.4 Å². The third kappa shape index (κ3) is 6.39. The molecule has 11 heteroatoms. The Balaban J connectivity index is 1.69. The van der Waals surface area contributed by atoms with Crippen LogP contribution in [0, 0.1) is 0 Å². The molecule has 0 spiro atoms. The van der Waals surface area contributed by atoms with Crippen molar-refractivity contribution in [3.8, 4) is 17.0 Å². The Hall–Kier alpha value is -2.83. The second-order valence-corrected chi connectivity index (χ2v) is 9.93. The summed E-state index contributed by atoms with van der Waals surface area (Å²) in [6, 6.07) is 13.3. The van der Waals surface area contributed by atoms with E-state index in [1.807, 2.05) is 29.6 Å². The number of aromatic nitrogens is 1. The molecule has 0 aliphatic heterocycles. The third-order valence-corrected chi connectivity index (χ3v) is 7.62. The predicted octanol–water partition coefficient (Wildman–Crippen LogP) is 3.35. The van der Waals surface area contributed by atoms with Crippen LogP contribution < -0.4 is 10.1 Å². The van der Waals surface area contributed by atoms with Crippen molar-refractivity contribution >= 4 is 32.4 Å². The Bertz CT molecular complexity index is 1170. The van der Waals surface area contributed by atoms with Gasteiger partial charge in [0.2, 0.25) is 10.0 Å². The smallest absolute Gasteiger partial charge is 0.257 e. The maximum absolute atomic E-state index is 13.0. The molecule has 0 radical (unpaired) electrons. The van der Waals surface area contributed by atoms with Crippen LogP contribution in [0.15, 0.2) is 58.8 Å². The summed E-state index contributed by atoms with van der Waals surface area (Å²) in [7, 11) is 0.868. The zero-order valence-electron chi connectivity index (χ0n) is 19.2. The first kappa shape index (κ1) is 25.8. The summed E-state index contributed by atoms with van der Waals surface area (Å²) < 4.78 is 42.5. The van der Waals surface area contributed by atoms with Crippen LogP contribution >= 0.6 is 11.3 Å². The maximum Gasteiger partial charge on any atom is 0.257 e. The molecule has 1 aromatic heterocycles. The highest BCUT2D eigenvalue weighted by Gasteiger charge is 2.24. The highest BCUT2D eigenvalue weighted by atomic mass is 32.2. The summed E-state index contributed by atoms with van der Waals surface area (Å²) in [5, 5.41) is 5.05. The lowest BCUT2D eigenvalue weighted by atomic mass is 10.2. The van der Waals surface area contributed by atoms with Gasteiger partial charge in [0, 0.05) is 43.8 Å². The number of anilines is 1. The van der Waals surface area contributed by atoms with Gasteiger partial charge in [-0.15, -0.1) is 11.3 Å². The van der Waals surface area contributed by atoms with Gasteiger partial charge in [0.25, 0.3) is 5.91 Å². The fourth-order valence-electron chi connectivity index (χ4n) is 3.06. The van der Waals surface area contributed by atoms with E-state index in [0.29, 0.717) is 10.7 Å². The number of benzene rings is 2. The second-order valence-electron chi connectivity index (χ2n) is 7.13. The van der Waals surface area contributed by atoms with Gasteiger partial charge in [-0.2, -0.15) is 4.31 Å². The molecule has 3 rings (SSSR count). The molecule has 0 saturated carbocycles. The molecule has 0 unspecified atom stereocenters. The standard InChI is InChI=1S/C23H27N3O6S2/c1-30-14-12-26(13-15-31-2)34(28,29)20-10-6-18(7-11-20)22(27)25-23-24-21(16-33-23)17-4-8-19(32-3)9-5-17/h4-11,16H,12-15H2,1-3H3,(H,24,25,27). The molecule has 3 aromatic rings.